The molecule has 3 atom stereocenters. The van der Waals surface area contributed by atoms with Crippen molar-refractivity contribution in [2.24, 2.45) is 11.8 Å². The van der Waals surface area contributed by atoms with Crippen LogP contribution >= 0.6 is 0 Å². The van der Waals surface area contributed by atoms with E-state index in [-0.39, 0.29) is 6.10 Å². The predicted molar refractivity (Wildman–Crippen MR) is 72.0 cm³/mol. The van der Waals surface area contributed by atoms with Gasteiger partial charge in [0.1, 0.15) is 0 Å². The summed E-state index contributed by atoms with van der Waals surface area (Å²) in [7, 11) is 0. The molecule has 0 heterocycles. The van der Waals surface area contributed by atoms with Crippen LogP contribution in [-0.4, -0.2) is 5.11 Å². The molecule has 1 aromatic carbocycles. The highest BCUT2D eigenvalue weighted by Gasteiger charge is 2.28. The minimum atomic E-state index is -0.263. The topological polar surface area (TPSA) is 20.2 Å². The van der Waals surface area contributed by atoms with Gasteiger partial charge in [0, 0.05) is 0 Å². The first-order valence-corrected chi connectivity index (χ1v) is 6.86. The van der Waals surface area contributed by atoms with Crippen molar-refractivity contribution in [1.29, 1.82) is 0 Å². The molecule has 1 aliphatic carbocycles. The zero-order valence-corrected chi connectivity index (χ0v) is 11.2. The summed E-state index contributed by atoms with van der Waals surface area (Å²) in [6.45, 7) is 6.68. The second-order valence-corrected chi connectivity index (χ2v) is 5.94. The van der Waals surface area contributed by atoms with E-state index in [1.807, 2.05) is 0 Å². The van der Waals surface area contributed by atoms with Crippen LogP contribution in [0.1, 0.15) is 63.2 Å². The minimum absolute atomic E-state index is 0.263. The first-order valence-electron chi connectivity index (χ1n) is 6.86. The Kier molecular flexibility index (Phi) is 3.88. The van der Waals surface area contributed by atoms with Crippen LogP contribution in [0.15, 0.2) is 24.3 Å². The lowest BCUT2D eigenvalue weighted by Crippen LogP contribution is -2.09. The predicted octanol–water partition coefficient (Wildman–Crippen LogP) is 4.28. The van der Waals surface area contributed by atoms with Gasteiger partial charge in [-0.15, -0.1) is 0 Å². The Bertz CT molecular complexity index is 352. The molecular weight excluding hydrogens is 208 g/mol. The Morgan fingerprint density at radius 3 is 2.12 bits per heavy atom. The summed E-state index contributed by atoms with van der Waals surface area (Å²) in [5, 5.41) is 10.4. The molecule has 0 aromatic heterocycles. The second kappa shape index (κ2) is 5.22. The molecule has 0 aliphatic heterocycles. The molecule has 1 saturated carbocycles. The Morgan fingerprint density at radius 2 is 1.65 bits per heavy atom. The highest BCUT2D eigenvalue weighted by Crippen LogP contribution is 2.38. The van der Waals surface area contributed by atoms with Gasteiger partial charge in [0.25, 0.3) is 0 Å². The summed E-state index contributed by atoms with van der Waals surface area (Å²) in [6.07, 6.45) is 3.36. The molecule has 0 saturated heterocycles. The molecule has 0 bridgehead atoms. The summed E-state index contributed by atoms with van der Waals surface area (Å²) in [4.78, 5) is 0. The fraction of sp³-hybridized carbons (Fsp3) is 0.625. The summed E-state index contributed by atoms with van der Waals surface area (Å²) in [5.74, 6) is 1.81. The Morgan fingerprint density at radius 1 is 1.06 bits per heavy atom. The van der Waals surface area contributed by atoms with Gasteiger partial charge in [-0.3, -0.25) is 0 Å². The van der Waals surface area contributed by atoms with E-state index >= 15 is 0 Å². The van der Waals surface area contributed by atoms with E-state index in [9.17, 15) is 5.11 Å². The molecule has 1 aromatic rings. The highest BCUT2D eigenvalue weighted by molar-refractivity contribution is 5.26. The first kappa shape index (κ1) is 12.6. The second-order valence-electron chi connectivity index (χ2n) is 5.94. The number of aliphatic hydroxyl groups is 1. The lowest BCUT2D eigenvalue weighted by Gasteiger charge is -2.19. The van der Waals surface area contributed by atoms with Gasteiger partial charge in [-0.2, -0.15) is 0 Å². The Hall–Kier alpha value is -0.820. The van der Waals surface area contributed by atoms with Crippen LogP contribution in [-0.2, 0) is 0 Å². The maximum Gasteiger partial charge on any atom is 0.0818 e. The average Bonchev–Trinajstić information content (AvgIpc) is 2.75. The zero-order valence-electron chi connectivity index (χ0n) is 11.2. The number of hydrogen-bond acceptors (Lipinski definition) is 1. The molecule has 0 radical (unpaired) electrons. The van der Waals surface area contributed by atoms with Crippen molar-refractivity contribution in [3.05, 3.63) is 35.4 Å². The molecule has 94 valence electrons. The third-order valence-corrected chi connectivity index (χ3v) is 4.13. The molecule has 3 unspecified atom stereocenters. The average molecular weight is 232 g/mol. The summed E-state index contributed by atoms with van der Waals surface area (Å²) in [5.41, 5.74) is 2.44. The normalized spacial score (nSPS) is 26.4. The number of benzene rings is 1. The van der Waals surface area contributed by atoms with E-state index in [0.717, 1.165) is 11.5 Å². The lowest BCUT2D eigenvalue weighted by atomic mass is 9.92. The maximum atomic E-state index is 10.4. The molecule has 1 aliphatic rings. The number of aliphatic hydroxyl groups excluding tert-OH is 1. The van der Waals surface area contributed by atoms with Crippen LogP contribution in [0.5, 0.6) is 0 Å². The van der Waals surface area contributed by atoms with Crippen molar-refractivity contribution in [1.82, 2.24) is 0 Å². The van der Waals surface area contributed by atoms with Gasteiger partial charge in [0.15, 0.2) is 0 Å². The van der Waals surface area contributed by atoms with Gasteiger partial charge in [-0.1, -0.05) is 51.5 Å². The zero-order chi connectivity index (χ0) is 12.4. The summed E-state index contributed by atoms with van der Waals surface area (Å²) < 4.78 is 0. The van der Waals surface area contributed by atoms with Crippen molar-refractivity contribution in [2.75, 3.05) is 0 Å². The van der Waals surface area contributed by atoms with Crippen LogP contribution in [0.4, 0.5) is 0 Å². The van der Waals surface area contributed by atoms with Crippen LogP contribution in [0.2, 0.25) is 0 Å². The molecule has 1 nitrogen and oxygen atoms in total. The standard InChI is InChI=1S/C16H24O/c1-11(2)13-6-8-14(9-7-13)16(17)15-5-4-12(3)10-15/h6-9,11-12,15-17H,4-5,10H2,1-3H3. The number of hydrogen-bond donors (Lipinski definition) is 1. The largest absolute Gasteiger partial charge is 0.388 e. The van der Waals surface area contributed by atoms with Gasteiger partial charge in [0.2, 0.25) is 0 Å². The van der Waals surface area contributed by atoms with E-state index in [1.54, 1.807) is 0 Å². The minimum Gasteiger partial charge on any atom is -0.388 e. The molecule has 1 fully saturated rings. The first-order chi connectivity index (χ1) is 8.08. The molecule has 0 spiro atoms. The van der Waals surface area contributed by atoms with E-state index in [4.69, 9.17) is 0 Å². The van der Waals surface area contributed by atoms with Crippen molar-refractivity contribution >= 4 is 0 Å². The van der Waals surface area contributed by atoms with Gasteiger partial charge in [0.05, 0.1) is 6.10 Å². The smallest absolute Gasteiger partial charge is 0.0818 e. The van der Waals surface area contributed by atoms with Crippen molar-refractivity contribution in [2.45, 2.75) is 52.1 Å². The molecular formula is C16H24O. The van der Waals surface area contributed by atoms with Crippen LogP contribution in [0.3, 0.4) is 0 Å². The van der Waals surface area contributed by atoms with Gasteiger partial charge < -0.3 is 5.11 Å². The van der Waals surface area contributed by atoms with E-state index < -0.39 is 0 Å². The Balaban J connectivity index is 2.06. The molecule has 2 rings (SSSR count). The van der Waals surface area contributed by atoms with Crippen LogP contribution in [0, 0.1) is 11.8 Å². The van der Waals surface area contributed by atoms with Crippen molar-refractivity contribution in [3.8, 4) is 0 Å². The Labute approximate surface area is 105 Å². The van der Waals surface area contributed by atoms with Crippen molar-refractivity contribution in [3.63, 3.8) is 0 Å². The van der Waals surface area contributed by atoms with E-state index in [2.05, 4.69) is 45.0 Å². The lowest BCUT2D eigenvalue weighted by molar-refractivity contribution is 0.109. The maximum absolute atomic E-state index is 10.4. The molecule has 17 heavy (non-hydrogen) atoms. The summed E-state index contributed by atoms with van der Waals surface area (Å²) in [6, 6.07) is 8.51. The quantitative estimate of drug-likeness (QED) is 0.824. The van der Waals surface area contributed by atoms with Gasteiger partial charge in [-0.25, -0.2) is 0 Å². The van der Waals surface area contributed by atoms with Gasteiger partial charge in [-0.05, 0) is 41.7 Å². The monoisotopic (exact) mass is 232 g/mol. The SMILES string of the molecule is CC1CCC(C(O)c2ccc(C(C)C)cc2)C1. The third-order valence-electron chi connectivity index (χ3n) is 4.13. The molecule has 1 heteroatoms. The van der Waals surface area contributed by atoms with Crippen LogP contribution < -0.4 is 0 Å². The highest BCUT2D eigenvalue weighted by atomic mass is 16.3. The van der Waals surface area contributed by atoms with E-state index in [1.165, 1.54) is 24.8 Å². The summed E-state index contributed by atoms with van der Waals surface area (Å²) >= 11 is 0. The molecule has 1 N–H and O–H groups in total. The van der Waals surface area contributed by atoms with Gasteiger partial charge >= 0.3 is 0 Å². The fourth-order valence-electron chi connectivity index (χ4n) is 2.89. The fourth-order valence-corrected chi connectivity index (χ4v) is 2.89. The molecule has 0 amide bonds. The third kappa shape index (κ3) is 2.90. The van der Waals surface area contributed by atoms with Crippen LogP contribution in [0.25, 0.3) is 0 Å². The van der Waals surface area contributed by atoms with E-state index in [0.29, 0.717) is 11.8 Å². The van der Waals surface area contributed by atoms with Crippen molar-refractivity contribution < 1.29 is 5.11 Å². The number of rotatable bonds is 3.